The molecule has 5 nitrogen and oxygen atoms in total. The fraction of sp³-hybridized carbons (Fsp3) is 0.250. The second-order valence-corrected chi connectivity index (χ2v) is 4.80. The molecule has 0 aliphatic rings. The Hall–Kier alpha value is -1.53. The van der Waals surface area contributed by atoms with Crippen LogP contribution < -0.4 is 5.32 Å². The van der Waals surface area contributed by atoms with Gasteiger partial charge in [0.15, 0.2) is 5.82 Å². The van der Waals surface area contributed by atoms with Gasteiger partial charge in [0, 0.05) is 11.4 Å². The summed E-state index contributed by atoms with van der Waals surface area (Å²) >= 11 is 10.2. The molecular formula is C12H13ClN4OS. The Bertz CT molecular complexity index is 599. The van der Waals surface area contributed by atoms with Crippen molar-refractivity contribution in [2.75, 3.05) is 0 Å². The number of benzene rings is 1. The second kappa shape index (κ2) is 6.08. The zero-order valence-electron chi connectivity index (χ0n) is 10.3. The molecule has 0 fully saturated rings. The number of hydrogen-bond donors (Lipinski definition) is 2. The Kier molecular flexibility index (Phi) is 4.44. The minimum atomic E-state index is -0.258. The molecule has 0 aliphatic heterocycles. The number of carbonyl (C=O) groups excluding carboxylic acids is 1. The van der Waals surface area contributed by atoms with Gasteiger partial charge >= 0.3 is 0 Å². The lowest BCUT2D eigenvalue weighted by atomic mass is 10.2. The summed E-state index contributed by atoms with van der Waals surface area (Å²) in [6, 6.07) is 5.01. The molecular weight excluding hydrogens is 284 g/mol. The van der Waals surface area contributed by atoms with E-state index in [9.17, 15) is 4.79 Å². The Morgan fingerprint density at radius 1 is 1.53 bits per heavy atom. The zero-order valence-corrected chi connectivity index (χ0v) is 11.9. The van der Waals surface area contributed by atoms with Crippen LogP contribution in [0.25, 0.3) is 0 Å². The molecule has 1 heterocycles. The predicted octanol–water partition coefficient (Wildman–Crippen LogP) is 2.17. The van der Waals surface area contributed by atoms with Crippen LogP contribution in [0.3, 0.4) is 0 Å². The number of hydrogen-bond acceptors (Lipinski definition) is 4. The minimum Gasteiger partial charge on any atom is -0.345 e. The highest BCUT2D eigenvalue weighted by Gasteiger charge is 2.11. The SMILES string of the molecule is CCn1cnnc1CNC(=O)c1cc(S)ccc1Cl. The van der Waals surface area contributed by atoms with Gasteiger partial charge < -0.3 is 9.88 Å². The summed E-state index contributed by atoms with van der Waals surface area (Å²) in [5, 5.41) is 10.9. The first-order chi connectivity index (χ1) is 9.11. The number of halogens is 1. The van der Waals surface area contributed by atoms with Gasteiger partial charge in [-0.1, -0.05) is 11.6 Å². The van der Waals surface area contributed by atoms with Crippen LogP contribution in [-0.4, -0.2) is 20.7 Å². The summed E-state index contributed by atoms with van der Waals surface area (Å²) in [5.41, 5.74) is 0.400. The van der Waals surface area contributed by atoms with E-state index >= 15 is 0 Å². The molecule has 2 rings (SSSR count). The maximum atomic E-state index is 12.0. The third-order valence-corrected chi connectivity index (χ3v) is 3.25. The van der Waals surface area contributed by atoms with E-state index in [-0.39, 0.29) is 5.91 Å². The number of thiol groups is 1. The molecule has 2 aromatic rings. The molecule has 0 saturated carbocycles. The summed E-state index contributed by atoms with van der Waals surface area (Å²) in [5.74, 6) is 0.445. The molecule has 1 aromatic carbocycles. The Balaban J connectivity index is 2.07. The second-order valence-electron chi connectivity index (χ2n) is 3.88. The highest BCUT2D eigenvalue weighted by Crippen LogP contribution is 2.19. The van der Waals surface area contributed by atoms with Crippen molar-refractivity contribution in [3.63, 3.8) is 0 Å². The number of nitrogens with one attached hydrogen (secondary N) is 1. The van der Waals surface area contributed by atoms with E-state index in [1.54, 1.807) is 24.5 Å². The molecule has 0 spiro atoms. The number of amides is 1. The smallest absolute Gasteiger partial charge is 0.253 e. The van der Waals surface area contributed by atoms with Gasteiger partial charge in [0.05, 0.1) is 17.1 Å². The summed E-state index contributed by atoms with van der Waals surface area (Å²) in [6.07, 6.45) is 1.63. The molecule has 0 atom stereocenters. The van der Waals surface area contributed by atoms with Crippen LogP contribution in [-0.2, 0) is 13.1 Å². The average Bonchev–Trinajstić information content (AvgIpc) is 2.86. The number of carbonyl (C=O) groups is 1. The topological polar surface area (TPSA) is 59.8 Å². The third kappa shape index (κ3) is 3.27. The largest absolute Gasteiger partial charge is 0.345 e. The van der Waals surface area contributed by atoms with Gasteiger partial charge in [-0.25, -0.2) is 0 Å². The molecule has 19 heavy (non-hydrogen) atoms. The Labute approximate surface area is 121 Å². The predicted molar refractivity (Wildman–Crippen MR) is 75.6 cm³/mol. The van der Waals surface area contributed by atoms with E-state index in [0.717, 1.165) is 6.54 Å². The van der Waals surface area contributed by atoms with E-state index < -0.39 is 0 Å². The minimum absolute atomic E-state index is 0.258. The van der Waals surface area contributed by atoms with Gasteiger partial charge in [0.25, 0.3) is 5.91 Å². The third-order valence-electron chi connectivity index (χ3n) is 2.64. The standard InChI is InChI=1S/C12H13ClN4OS/c1-2-17-7-15-16-11(17)6-14-12(18)9-5-8(19)3-4-10(9)13/h3-5,7,19H,2,6H2,1H3,(H,14,18). The van der Waals surface area contributed by atoms with Gasteiger partial charge in [-0.3, -0.25) is 4.79 Å². The average molecular weight is 297 g/mol. The van der Waals surface area contributed by atoms with Crippen LogP contribution in [0.15, 0.2) is 29.4 Å². The van der Waals surface area contributed by atoms with Crippen molar-refractivity contribution >= 4 is 30.1 Å². The fourth-order valence-electron chi connectivity index (χ4n) is 1.62. The first-order valence-electron chi connectivity index (χ1n) is 5.75. The zero-order chi connectivity index (χ0) is 13.8. The summed E-state index contributed by atoms with van der Waals surface area (Å²) in [6.45, 7) is 3.04. The number of rotatable bonds is 4. The van der Waals surface area contributed by atoms with E-state index in [1.807, 2.05) is 11.5 Å². The number of nitrogens with zero attached hydrogens (tertiary/aromatic N) is 3. The van der Waals surface area contributed by atoms with Crippen molar-refractivity contribution in [2.24, 2.45) is 0 Å². The van der Waals surface area contributed by atoms with E-state index in [4.69, 9.17) is 11.6 Å². The van der Waals surface area contributed by atoms with Crippen LogP contribution in [0, 0.1) is 0 Å². The van der Waals surface area contributed by atoms with E-state index in [1.165, 1.54) is 0 Å². The van der Waals surface area contributed by atoms with Crippen LogP contribution in [0.2, 0.25) is 5.02 Å². The van der Waals surface area contributed by atoms with Crippen LogP contribution in [0.1, 0.15) is 23.1 Å². The van der Waals surface area contributed by atoms with Crippen molar-refractivity contribution in [1.82, 2.24) is 20.1 Å². The van der Waals surface area contributed by atoms with Gasteiger partial charge in [-0.05, 0) is 25.1 Å². The van der Waals surface area contributed by atoms with Crippen molar-refractivity contribution in [3.8, 4) is 0 Å². The lowest BCUT2D eigenvalue weighted by molar-refractivity contribution is 0.0949. The molecule has 7 heteroatoms. The molecule has 0 saturated heterocycles. The monoisotopic (exact) mass is 296 g/mol. The Morgan fingerprint density at radius 2 is 2.32 bits per heavy atom. The molecule has 100 valence electrons. The van der Waals surface area contributed by atoms with Crippen molar-refractivity contribution in [3.05, 3.63) is 40.9 Å². The van der Waals surface area contributed by atoms with Crippen molar-refractivity contribution in [1.29, 1.82) is 0 Å². The molecule has 0 aliphatic carbocycles. The Morgan fingerprint density at radius 3 is 3.05 bits per heavy atom. The first kappa shape index (κ1) is 13.9. The molecule has 1 aromatic heterocycles. The molecule has 0 unspecified atom stereocenters. The number of aryl methyl sites for hydroxylation is 1. The molecule has 0 bridgehead atoms. The summed E-state index contributed by atoms with van der Waals surface area (Å²) in [7, 11) is 0. The summed E-state index contributed by atoms with van der Waals surface area (Å²) < 4.78 is 1.86. The van der Waals surface area contributed by atoms with Gasteiger partial charge in [-0.2, -0.15) is 0 Å². The van der Waals surface area contributed by atoms with Gasteiger partial charge in [-0.15, -0.1) is 22.8 Å². The number of aromatic nitrogens is 3. The fourth-order valence-corrected chi connectivity index (χ4v) is 2.03. The van der Waals surface area contributed by atoms with E-state index in [0.29, 0.717) is 27.9 Å². The van der Waals surface area contributed by atoms with Crippen molar-refractivity contribution in [2.45, 2.75) is 24.9 Å². The first-order valence-corrected chi connectivity index (χ1v) is 6.57. The van der Waals surface area contributed by atoms with E-state index in [2.05, 4.69) is 28.1 Å². The van der Waals surface area contributed by atoms with Crippen LogP contribution >= 0.6 is 24.2 Å². The van der Waals surface area contributed by atoms with Crippen LogP contribution in [0.4, 0.5) is 0 Å². The lowest BCUT2D eigenvalue weighted by Crippen LogP contribution is -2.25. The molecule has 1 N–H and O–H groups in total. The highest BCUT2D eigenvalue weighted by molar-refractivity contribution is 7.80. The maximum Gasteiger partial charge on any atom is 0.253 e. The summed E-state index contributed by atoms with van der Waals surface area (Å²) in [4.78, 5) is 12.7. The van der Waals surface area contributed by atoms with Crippen LogP contribution in [0.5, 0.6) is 0 Å². The van der Waals surface area contributed by atoms with Crippen molar-refractivity contribution < 1.29 is 4.79 Å². The van der Waals surface area contributed by atoms with Gasteiger partial charge in [0.2, 0.25) is 0 Å². The molecule has 0 radical (unpaired) electrons. The lowest BCUT2D eigenvalue weighted by Gasteiger charge is -2.07. The quantitative estimate of drug-likeness (QED) is 0.850. The normalized spacial score (nSPS) is 10.5. The molecule has 1 amide bonds. The maximum absolute atomic E-state index is 12.0. The van der Waals surface area contributed by atoms with Gasteiger partial charge in [0.1, 0.15) is 6.33 Å². The highest BCUT2D eigenvalue weighted by atomic mass is 35.5.